The largest absolute Gasteiger partial charge is 0.489 e. The van der Waals surface area contributed by atoms with E-state index in [1.165, 1.54) is 0 Å². The topological polar surface area (TPSA) is 50.4 Å². The van der Waals surface area contributed by atoms with Crippen LogP contribution >= 0.6 is 12.2 Å². The smallest absolute Gasteiger partial charge is 0.257 e. The van der Waals surface area contributed by atoms with Gasteiger partial charge < -0.3 is 10.1 Å². The van der Waals surface area contributed by atoms with E-state index in [9.17, 15) is 4.79 Å². The standard InChI is InChI=1S/C23H22N2O2S/c1-16-11-12-17(2)21(13-16)24-23(28)25-22(26)19-9-6-10-20(14-19)27-15-18-7-4-3-5-8-18/h3-14H,15H2,1-2H3,(H2,24,25,26,28). The average Bonchev–Trinajstić information content (AvgIpc) is 2.70. The number of hydrogen-bond donors (Lipinski definition) is 2. The van der Waals surface area contributed by atoms with Crippen LogP contribution in [0.3, 0.4) is 0 Å². The molecule has 0 aromatic heterocycles. The summed E-state index contributed by atoms with van der Waals surface area (Å²) in [5.41, 5.74) is 4.60. The second-order valence-corrected chi connectivity index (χ2v) is 6.94. The van der Waals surface area contributed by atoms with Gasteiger partial charge in [0.2, 0.25) is 0 Å². The fourth-order valence-corrected chi connectivity index (χ4v) is 2.87. The van der Waals surface area contributed by atoms with Crippen molar-refractivity contribution in [2.24, 2.45) is 0 Å². The van der Waals surface area contributed by atoms with Gasteiger partial charge in [-0.05, 0) is 67.0 Å². The first-order chi connectivity index (χ1) is 13.5. The van der Waals surface area contributed by atoms with Crippen molar-refractivity contribution in [2.45, 2.75) is 20.5 Å². The third kappa shape index (κ3) is 5.41. The maximum atomic E-state index is 12.5. The van der Waals surface area contributed by atoms with Gasteiger partial charge >= 0.3 is 0 Å². The summed E-state index contributed by atoms with van der Waals surface area (Å²) in [4.78, 5) is 12.5. The number of hydrogen-bond acceptors (Lipinski definition) is 3. The number of benzene rings is 3. The number of thiocarbonyl (C=S) groups is 1. The third-order valence-corrected chi connectivity index (χ3v) is 4.42. The number of ether oxygens (including phenoxy) is 1. The molecule has 142 valence electrons. The molecule has 0 aliphatic rings. The van der Waals surface area contributed by atoms with E-state index in [-0.39, 0.29) is 11.0 Å². The molecule has 28 heavy (non-hydrogen) atoms. The first kappa shape index (κ1) is 19.6. The van der Waals surface area contributed by atoms with E-state index in [0.29, 0.717) is 17.9 Å². The Balaban J connectivity index is 1.60. The molecule has 0 saturated carbocycles. The molecule has 0 spiro atoms. The number of carbonyl (C=O) groups excluding carboxylic acids is 1. The van der Waals surface area contributed by atoms with Gasteiger partial charge in [-0.3, -0.25) is 10.1 Å². The zero-order chi connectivity index (χ0) is 19.9. The van der Waals surface area contributed by atoms with Gasteiger partial charge in [-0.2, -0.15) is 0 Å². The molecular weight excluding hydrogens is 368 g/mol. The molecule has 3 aromatic carbocycles. The van der Waals surface area contributed by atoms with Gasteiger partial charge in [0, 0.05) is 11.3 Å². The van der Waals surface area contributed by atoms with Crippen molar-refractivity contribution in [2.75, 3.05) is 5.32 Å². The number of carbonyl (C=O) groups is 1. The Kier molecular flexibility index (Phi) is 6.40. The lowest BCUT2D eigenvalue weighted by Crippen LogP contribution is -2.34. The summed E-state index contributed by atoms with van der Waals surface area (Å²) in [6.07, 6.45) is 0. The van der Waals surface area contributed by atoms with Crippen LogP contribution in [0.5, 0.6) is 5.75 Å². The molecule has 0 aliphatic heterocycles. The average molecular weight is 391 g/mol. The predicted octanol–water partition coefficient (Wildman–Crippen LogP) is 5.01. The number of anilines is 1. The van der Waals surface area contributed by atoms with Crippen LogP contribution in [0, 0.1) is 13.8 Å². The maximum Gasteiger partial charge on any atom is 0.257 e. The molecule has 0 saturated heterocycles. The van der Waals surface area contributed by atoms with Crippen molar-refractivity contribution < 1.29 is 9.53 Å². The van der Waals surface area contributed by atoms with Gasteiger partial charge in [0.1, 0.15) is 12.4 Å². The molecule has 0 bridgehead atoms. The quantitative estimate of drug-likeness (QED) is 0.601. The molecule has 0 fully saturated rings. The Bertz CT molecular complexity index is 987. The molecule has 4 nitrogen and oxygen atoms in total. The first-order valence-electron chi connectivity index (χ1n) is 8.97. The molecule has 3 aromatic rings. The van der Waals surface area contributed by atoms with Gasteiger partial charge in [0.25, 0.3) is 5.91 Å². The second-order valence-electron chi connectivity index (χ2n) is 6.53. The number of aryl methyl sites for hydroxylation is 2. The van der Waals surface area contributed by atoms with Crippen LogP contribution in [0.2, 0.25) is 0 Å². The monoisotopic (exact) mass is 390 g/mol. The normalized spacial score (nSPS) is 10.2. The number of rotatable bonds is 5. The molecule has 0 unspecified atom stereocenters. The van der Waals surface area contributed by atoms with E-state index in [0.717, 1.165) is 22.4 Å². The molecule has 0 atom stereocenters. The number of nitrogens with one attached hydrogen (secondary N) is 2. The SMILES string of the molecule is Cc1ccc(C)c(NC(=S)NC(=O)c2cccc(OCc3ccccc3)c2)c1. The van der Waals surface area contributed by atoms with E-state index in [2.05, 4.69) is 10.6 Å². The summed E-state index contributed by atoms with van der Waals surface area (Å²) >= 11 is 5.29. The van der Waals surface area contributed by atoms with Crippen molar-refractivity contribution in [3.05, 3.63) is 95.1 Å². The summed E-state index contributed by atoms with van der Waals surface area (Å²) in [5, 5.41) is 6.06. The van der Waals surface area contributed by atoms with E-state index in [1.807, 2.05) is 68.4 Å². The molecule has 1 amide bonds. The van der Waals surface area contributed by atoms with Crippen LogP contribution in [0.25, 0.3) is 0 Å². The minimum absolute atomic E-state index is 0.259. The summed E-state index contributed by atoms with van der Waals surface area (Å²) in [6, 6.07) is 23.0. The van der Waals surface area contributed by atoms with Crippen molar-refractivity contribution in [1.29, 1.82) is 0 Å². The summed E-state index contributed by atoms with van der Waals surface area (Å²) in [5.74, 6) is 0.345. The fraction of sp³-hybridized carbons (Fsp3) is 0.130. The van der Waals surface area contributed by atoms with Crippen LogP contribution in [0.15, 0.2) is 72.8 Å². The van der Waals surface area contributed by atoms with E-state index in [1.54, 1.807) is 18.2 Å². The fourth-order valence-electron chi connectivity index (χ4n) is 2.67. The van der Waals surface area contributed by atoms with Crippen molar-refractivity contribution in [1.82, 2.24) is 5.32 Å². The Morgan fingerprint density at radius 3 is 2.54 bits per heavy atom. The summed E-state index contributed by atoms with van der Waals surface area (Å²) < 4.78 is 5.78. The molecule has 5 heteroatoms. The van der Waals surface area contributed by atoms with Crippen molar-refractivity contribution in [3.63, 3.8) is 0 Å². The Labute approximate surface area is 170 Å². The zero-order valence-electron chi connectivity index (χ0n) is 15.9. The van der Waals surface area contributed by atoms with Gasteiger partial charge in [-0.15, -0.1) is 0 Å². The Morgan fingerprint density at radius 2 is 1.75 bits per heavy atom. The lowest BCUT2D eigenvalue weighted by Gasteiger charge is -2.13. The summed E-state index contributed by atoms with van der Waals surface area (Å²) in [6.45, 7) is 4.44. The Hall–Kier alpha value is -3.18. The van der Waals surface area contributed by atoms with E-state index < -0.39 is 0 Å². The minimum Gasteiger partial charge on any atom is -0.489 e. The van der Waals surface area contributed by atoms with Crippen LogP contribution in [0.1, 0.15) is 27.0 Å². The lowest BCUT2D eigenvalue weighted by atomic mass is 10.1. The molecule has 2 N–H and O–H groups in total. The maximum absolute atomic E-state index is 12.5. The van der Waals surface area contributed by atoms with E-state index >= 15 is 0 Å². The highest BCUT2D eigenvalue weighted by Crippen LogP contribution is 2.17. The predicted molar refractivity (Wildman–Crippen MR) is 117 cm³/mol. The zero-order valence-corrected chi connectivity index (χ0v) is 16.7. The van der Waals surface area contributed by atoms with Crippen LogP contribution in [-0.2, 0) is 6.61 Å². The van der Waals surface area contributed by atoms with Gasteiger partial charge in [0.05, 0.1) is 0 Å². The first-order valence-corrected chi connectivity index (χ1v) is 9.38. The van der Waals surface area contributed by atoms with Crippen molar-refractivity contribution >= 4 is 28.9 Å². The molecule has 0 heterocycles. The highest BCUT2D eigenvalue weighted by Gasteiger charge is 2.10. The highest BCUT2D eigenvalue weighted by atomic mass is 32.1. The number of amides is 1. The second kappa shape index (κ2) is 9.15. The van der Waals surface area contributed by atoms with Gasteiger partial charge in [-0.25, -0.2) is 0 Å². The van der Waals surface area contributed by atoms with E-state index in [4.69, 9.17) is 17.0 Å². The third-order valence-electron chi connectivity index (χ3n) is 4.21. The van der Waals surface area contributed by atoms with Crippen LogP contribution < -0.4 is 15.4 Å². The van der Waals surface area contributed by atoms with Crippen LogP contribution in [-0.4, -0.2) is 11.0 Å². The van der Waals surface area contributed by atoms with Gasteiger partial charge in [-0.1, -0.05) is 48.5 Å². The minimum atomic E-state index is -0.284. The van der Waals surface area contributed by atoms with Gasteiger partial charge in [0.15, 0.2) is 5.11 Å². The highest BCUT2D eigenvalue weighted by molar-refractivity contribution is 7.80. The Morgan fingerprint density at radius 1 is 0.964 bits per heavy atom. The molecule has 3 rings (SSSR count). The molecule has 0 aliphatic carbocycles. The molecule has 0 radical (unpaired) electrons. The lowest BCUT2D eigenvalue weighted by molar-refractivity contribution is 0.0977. The summed E-state index contributed by atoms with van der Waals surface area (Å²) in [7, 11) is 0. The van der Waals surface area contributed by atoms with Crippen molar-refractivity contribution in [3.8, 4) is 5.75 Å². The van der Waals surface area contributed by atoms with Crippen LogP contribution in [0.4, 0.5) is 5.69 Å². The molecular formula is C23H22N2O2S.